The maximum atomic E-state index is 11.4. The molecule has 0 heterocycles. The van der Waals surface area contributed by atoms with Gasteiger partial charge < -0.3 is 14.0 Å². The molecular formula is C44H56O3Si2. The number of rotatable bonds is 14. The summed E-state index contributed by atoms with van der Waals surface area (Å²) in [6.07, 6.45) is 5.67. The van der Waals surface area contributed by atoms with Gasteiger partial charge in [0.1, 0.15) is 5.76 Å². The maximum Gasteiger partial charge on any atom is 0.320 e. The molecule has 5 heteroatoms. The number of allylic oxidation sites excluding steroid dienone is 1. The second-order valence-electron chi connectivity index (χ2n) is 15.0. The fourth-order valence-electron chi connectivity index (χ4n) is 6.99. The minimum absolute atomic E-state index is 0.0619. The smallest absolute Gasteiger partial charge is 0.320 e. The van der Waals surface area contributed by atoms with Gasteiger partial charge >= 0.3 is 8.32 Å². The second-order valence-corrected chi connectivity index (χ2v) is 23.5. The zero-order valence-corrected chi connectivity index (χ0v) is 32.9. The first-order valence-corrected chi connectivity index (χ1v) is 21.5. The summed E-state index contributed by atoms with van der Waals surface area (Å²) in [6, 6.07) is 42.8. The number of aliphatic hydroxyl groups excluding tert-OH is 1. The highest BCUT2D eigenvalue weighted by molar-refractivity contribution is 7.00. The van der Waals surface area contributed by atoms with Gasteiger partial charge in [-0.3, -0.25) is 0 Å². The van der Waals surface area contributed by atoms with E-state index in [1.165, 1.54) is 20.7 Å². The van der Waals surface area contributed by atoms with Crippen LogP contribution in [0.4, 0.5) is 0 Å². The van der Waals surface area contributed by atoms with Crippen molar-refractivity contribution in [3.05, 3.63) is 151 Å². The van der Waals surface area contributed by atoms with Crippen molar-refractivity contribution in [2.45, 2.75) is 90.8 Å². The van der Waals surface area contributed by atoms with Crippen LogP contribution in [0.15, 0.2) is 151 Å². The highest BCUT2D eigenvalue weighted by atomic mass is 28.4. The minimum atomic E-state index is -2.84. The molecule has 3 nitrogen and oxygen atoms in total. The first-order valence-electron chi connectivity index (χ1n) is 17.7. The Bertz CT molecular complexity index is 1600. The Morgan fingerprint density at radius 1 is 0.653 bits per heavy atom. The van der Waals surface area contributed by atoms with E-state index in [-0.39, 0.29) is 10.1 Å². The summed E-state index contributed by atoms with van der Waals surface area (Å²) >= 11 is 0. The Hall–Kier alpha value is -3.71. The molecule has 4 rings (SSSR count). The highest BCUT2D eigenvalue weighted by Crippen LogP contribution is 2.39. The zero-order chi connectivity index (χ0) is 35.5. The summed E-state index contributed by atoms with van der Waals surface area (Å²) < 4.78 is 14.3. The summed E-state index contributed by atoms with van der Waals surface area (Å²) in [6.45, 7) is 18.3. The molecule has 4 aromatic carbocycles. The van der Waals surface area contributed by atoms with Gasteiger partial charge in [0, 0.05) is 12.2 Å². The van der Waals surface area contributed by atoms with Crippen LogP contribution in [-0.2, 0) is 8.85 Å². The van der Waals surface area contributed by atoms with E-state index >= 15 is 0 Å². The van der Waals surface area contributed by atoms with E-state index in [1.54, 1.807) is 0 Å². The van der Waals surface area contributed by atoms with Crippen LogP contribution in [0.1, 0.15) is 74.7 Å². The summed E-state index contributed by atoms with van der Waals surface area (Å²) in [5, 5.41) is 16.1. The summed E-state index contributed by atoms with van der Waals surface area (Å²) in [5.41, 5.74) is 4.27. The molecule has 258 valence electrons. The predicted molar refractivity (Wildman–Crippen MR) is 213 cm³/mol. The lowest BCUT2D eigenvalue weighted by molar-refractivity contribution is 0.191. The molecule has 0 saturated carbocycles. The summed E-state index contributed by atoms with van der Waals surface area (Å²) in [4.78, 5) is 0. The molecule has 0 aromatic heterocycles. The van der Waals surface area contributed by atoms with Crippen molar-refractivity contribution < 1.29 is 14.0 Å². The van der Waals surface area contributed by atoms with Crippen LogP contribution in [0, 0.1) is 0 Å². The van der Waals surface area contributed by atoms with Crippen molar-refractivity contribution in [1.29, 1.82) is 0 Å². The van der Waals surface area contributed by atoms with Gasteiger partial charge in [-0.25, -0.2) is 0 Å². The fraction of sp³-hybridized carbons (Fsp3) is 0.341. The lowest BCUT2D eigenvalue weighted by atomic mass is 10.1. The number of hydrogen-bond acceptors (Lipinski definition) is 3. The van der Waals surface area contributed by atoms with Crippen LogP contribution in [0.3, 0.4) is 0 Å². The molecule has 0 aliphatic rings. The lowest BCUT2D eigenvalue weighted by Crippen LogP contribution is -2.66. The van der Waals surface area contributed by atoms with Crippen molar-refractivity contribution in [2.24, 2.45) is 0 Å². The molecule has 0 unspecified atom stereocenters. The van der Waals surface area contributed by atoms with E-state index in [2.05, 4.69) is 169 Å². The molecule has 0 saturated heterocycles. The van der Waals surface area contributed by atoms with Gasteiger partial charge in [-0.15, -0.1) is 0 Å². The number of aliphatic hydroxyl groups is 1. The quantitative estimate of drug-likeness (QED) is 0.0474. The number of benzene rings is 4. The molecular weight excluding hydrogens is 633 g/mol. The molecule has 0 aliphatic carbocycles. The lowest BCUT2D eigenvalue weighted by Gasteiger charge is -2.43. The van der Waals surface area contributed by atoms with Gasteiger partial charge in [-0.05, 0) is 70.0 Å². The first-order chi connectivity index (χ1) is 23.4. The van der Waals surface area contributed by atoms with Crippen molar-refractivity contribution in [3.8, 4) is 0 Å². The zero-order valence-electron chi connectivity index (χ0n) is 30.9. The predicted octanol–water partition coefficient (Wildman–Crippen LogP) is 8.68. The van der Waals surface area contributed by atoms with E-state index in [0.717, 1.165) is 18.4 Å². The van der Waals surface area contributed by atoms with E-state index < -0.39 is 22.7 Å². The van der Waals surface area contributed by atoms with E-state index in [1.807, 2.05) is 26.0 Å². The van der Waals surface area contributed by atoms with Crippen LogP contribution in [0.2, 0.25) is 10.1 Å². The largest absolute Gasteiger partial charge is 0.529 e. The fourth-order valence-corrected chi connectivity index (χ4v) is 16.0. The average molecular weight is 689 g/mol. The molecule has 49 heavy (non-hydrogen) atoms. The molecule has 1 atom stereocenters. The van der Waals surface area contributed by atoms with Gasteiger partial charge in [0.15, 0.2) is 0 Å². The SMILES string of the molecule is C/C=C/C(=C=C(C)[C@H](O)CCCCO[Si](c1ccccc1)(c1ccccc1)C(C)(C)C)O[Si](c1ccccc1)(c1ccccc1)C(C)(C)C. The number of unbranched alkanes of at least 4 members (excludes halogenated alkanes) is 1. The Balaban J connectivity index is 1.56. The second kappa shape index (κ2) is 16.8. The van der Waals surface area contributed by atoms with Gasteiger partial charge in [-0.1, -0.05) is 175 Å². The van der Waals surface area contributed by atoms with Crippen molar-refractivity contribution in [3.63, 3.8) is 0 Å². The van der Waals surface area contributed by atoms with Gasteiger partial charge in [-0.2, -0.15) is 0 Å². The molecule has 0 fully saturated rings. The van der Waals surface area contributed by atoms with Gasteiger partial charge in [0.05, 0.1) is 6.10 Å². The third kappa shape index (κ3) is 8.73. The van der Waals surface area contributed by atoms with E-state index in [9.17, 15) is 5.11 Å². The molecule has 0 aliphatic heterocycles. The maximum absolute atomic E-state index is 11.4. The van der Waals surface area contributed by atoms with Gasteiger partial charge in [0.2, 0.25) is 0 Å². The number of hydrogen-bond donors (Lipinski definition) is 1. The average Bonchev–Trinajstić information content (AvgIpc) is 3.09. The molecule has 1 N–H and O–H groups in total. The van der Waals surface area contributed by atoms with Gasteiger partial charge in [0.25, 0.3) is 8.32 Å². The molecule has 0 amide bonds. The Morgan fingerprint density at radius 2 is 1.04 bits per heavy atom. The normalized spacial score (nSPS) is 13.2. The molecule has 0 radical (unpaired) electrons. The Morgan fingerprint density at radius 3 is 1.41 bits per heavy atom. The van der Waals surface area contributed by atoms with Crippen molar-refractivity contribution in [2.75, 3.05) is 6.61 Å². The van der Waals surface area contributed by atoms with E-state index in [4.69, 9.17) is 8.85 Å². The first kappa shape index (κ1) is 38.1. The monoisotopic (exact) mass is 688 g/mol. The van der Waals surface area contributed by atoms with Crippen LogP contribution in [0.5, 0.6) is 0 Å². The topological polar surface area (TPSA) is 38.7 Å². The molecule has 0 bridgehead atoms. The Kier molecular flexibility index (Phi) is 13.1. The van der Waals surface area contributed by atoms with Crippen LogP contribution in [-0.4, -0.2) is 34.5 Å². The van der Waals surface area contributed by atoms with Crippen LogP contribution < -0.4 is 20.7 Å². The Labute approximate surface area is 298 Å². The molecule has 0 spiro atoms. The van der Waals surface area contributed by atoms with Crippen molar-refractivity contribution >= 4 is 37.4 Å². The third-order valence-corrected chi connectivity index (χ3v) is 19.4. The van der Waals surface area contributed by atoms with Crippen LogP contribution >= 0.6 is 0 Å². The van der Waals surface area contributed by atoms with Crippen LogP contribution in [0.25, 0.3) is 0 Å². The molecule has 4 aromatic rings. The highest BCUT2D eigenvalue weighted by Gasteiger charge is 2.52. The third-order valence-electron chi connectivity index (χ3n) is 9.43. The standard InChI is InChI=1S/C44H56O3Si2/c1-9-24-37(47-49(44(6,7)8,40-29-18-12-19-30-40)41-31-20-13-21-32-41)35-36(2)42(45)33-22-23-34-46-48(43(3,4)5,38-25-14-10-15-26-38)39-27-16-11-17-28-39/h9-21,24-32,42,45H,22-23,33-34H2,1-8H3/b24-9+/t35?,42-/m1/s1. The minimum Gasteiger partial charge on any atom is -0.529 e. The summed E-state index contributed by atoms with van der Waals surface area (Å²) in [5.74, 6) is 0.656. The summed E-state index contributed by atoms with van der Waals surface area (Å²) in [7, 11) is -5.41. The van der Waals surface area contributed by atoms with Crippen molar-refractivity contribution in [1.82, 2.24) is 0 Å². The van der Waals surface area contributed by atoms with E-state index in [0.29, 0.717) is 18.8 Å².